The lowest BCUT2D eigenvalue weighted by molar-refractivity contribution is 0.00337. The van der Waals surface area contributed by atoms with Crippen molar-refractivity contribution in [1.82, 2.24) is 9.21 Å². The molecule has 24 heavy (non-hydrogen) atoms. The van der Waals surface area contributed by atoms with E-state index in [-0.39, 0.29) is 17.2 Å². The minimum atomic E-state index is -3.25. The van der Waals surface area contributed by atoms with Crippen LogP contribution in [-0.2, 0) is 14.8 Å². The van der Waals surface area contributed by atoms with Crippen LogP contribution in [0.5, 0.6) is 0 Å². The first-order valence-electron chi connectivity index (χ1n) is 8.04. The Morgan fingerprint density at radius 1 is 1.46 bits per heavy atom. The highest BCUT2D eigenvalue weighted by molar-refractivity contribution is 7.88. The van der Waals surface area contributed by atoms with Crippen molar-refractivity contribution in [1.29, 1.82) is 0 Å². The van der Waals surface area contributed by atoms with Gasteiger partial charge in [0.05, 0.1) is 24.7 Å². The van der Waals surface area contributed by atoms with Crippen LogP contribution < -0.4 is 0 Å². The zero-order valence-corrected chi connectivity index (χ0v) is 15.1. The third-order valence-corrected chi connectivity index (χ3v) is 6.60. The van der Waals surface area contributed by atoms with Gasteiger partial charge in [0, 0.05) is 38.7 Å². The molecule has 0 N–H and O–H groups in total. The molecule has 8 heteroatoms. The highest BCUT2D eigenvalue weighted by Crippen LogP contribution is 2.44. The van der Waals surface area contributed by atoms with Crippen LogP contribution in [0.1, 0.15) is 22.5 Å². The lowest BCUT2D eigenvalue weighted by atomic mass is 9.73. The number of ether oxygens (including phenoxy) is 1. The first kappa shape index (κ1) is 17.4. The van der Waals surface area contributed by atoms with Crippen molar-refractivity contribution < 1.29 is 22.4 Å². The second-order valence-electron chi connectivity index (χ2n) is 6.94. The van der Waals surface area contributed by atoms with Gasteiger partial charge in [0.25, 0.3) is 5.91 Å². The highest BCUT2D eigenvalue weighted by Gasteiger charge is 2.52. The zero-order chi connectivity index (χ0) is 17.5. The number of methoxy groups -OCH3 is 1. The third-order valence-electron chi connectivity index (χ3n) is 5.38. The summed E-state index contributed by atoms with van der Waals surface area (Å²) in [4.78, 5) is 14.5. The number of hydrogen-bond donors (Lipinski definition) is 0. The fraction of sp³-hybridized carbons (Fsp3) is 0.688. The van der Waals surface area contributed by atoms with Gasteiger partial charge in [-0.15, -0.1) is 0 Å². The molecule has 134 valence electrons. The Labute approximate surface area is 142 Å². The number of nitrogens with zero attached hydrogens (tertiary/aromatic N) is 2. The van der Waals surface area contributed by atoms with E-state index >= 15 is 0 Å². The molecule has 0 radical (unpaired) electrons. The predicted molar refractivity (Wildman–Crippen MR) is 88.2 cm³/mol. The van der Waals surface area contributed by atoms with Crippen LogP contribution in [-0.4, -0.2) is 69.7 Å². The van der Waals surface area contributed by atoms with E-state index in [2.05, 4.69) is 0 Å². The normalized spacial score (nSPS) is 28.1. The summed E-state index contributed by atoms with van der Waals surface area (Å²) in [7, 11) is -1.61. The van der Waals surface area contributed by atoms with Crippen molar-refractivity contribution in [2.24, 2.45) is 11.3 Å². The summed E-state index contributed by atoms with van der Waals surface area (Å²) in [5, 5.41) is 0. The fourth-order valence-corrected chi connectivity index (χ4v) is 4.91. The molecule has 2 fully saturated rings. The van der Waals surface area contributed by atoms with Crippen molar-refractivity contribution in [2.75, 3.05) is 46.2 Å². The molecule has 2 atom stereocenters. The van der Waals surface area contributed by atoms with Gasteiger partial charge in [-0.25, -0.2) is 12.7 Å². The Morgan fingerprint density at radius 3 is 2.79 bits per heavy atom. The number of furan rings is 1. The van der Waals surface area contributed by atoms with Gasteiger partial charge in [0.15, 0.2) is 0 Å². The third kappa shape index (κ3) is 2.98. The van der Waals surface area contributed by atoms with Gasteiger partial charge in [-0.3, -0.25) is 4.79 Å². The number of hydrogen-bond acceptors (Lipinski definition) is 5. The quantitative estimate of drug-likeness (QED) is 0.803. The first-order chi connectivity index (χ1) is 11.3. The monoisotopic (exact) mass is 356 g/mol. The van der Waals surface area contributed by atoms with Crippen LogP contribution in [0.3, 0.4) is 0 Å². The second kappa shape index (κ2) is 6.16. The molecule has 2 aliphatic heterocycles. The number of likely N-dealkylation sites (tertiary alicyclic amines) is 1. The van der Waals surface area contributed by atoms with E-state index in [0.29, 0.717) is 44.1 Å². The first-order valence-corrected chi connectivity index (χ1v) is 9.89. The SMILES string of the molecule is COC[C@@]12CCN(C(=O)c3ccoc3C)C[C@@H]1CN(S(C)(=O)=O)C2. The van der Waals surface area contributed by atoms with E-state index in [4.69, 9.17) is 9.15 Å². The Balaban J connectivity index is 1.81. The molecular formula is C16H24N2O5S. The molecule has 2 aliphatic rings. The van der Waals surface area contributed by atoms with Crippen LogP contribution in [0.15, 0.2) is 16.7 Å². The number of rotatable bonds is 4. The summed E-state index contributed by atoms with van der Waals surface area (Å²) in [6.07, 6.45) is 3.49. The molecule has 0 spiro atoms. The molecule has 7 nitrogen and oxygen atoms in total. The zero-order valence-electron chi connectivity index (χ0n) is 14.3. The van der Waals surface area contributed by atoms with Crippen LogP contribution in [0.4, 0.5) is 0 Å². The van der Waals surface area contributed by atoms with Crippen LogP contribution in [0, 0.1) is 18.3 Å². The van der Waals surface area contributed by atoms with Gasteiger partial charge in [0.1, 0.15) is 5.76 Å². The van der Waals surface area contributed by atoms with E-state index in [1.807, 2.05) is 4.90 Å². The molecule has 0 aromatic carbocycles. The van der Waals surface area contributed by atoms with E-state index in [9.17, 15) is 13.2 Å². The van der Waals surface area contributed by atoms with Crippen molar-refractivity contribution in [3.8, 4) is 0 Å². The average Bonchev–Trinajstić information content (AvgIpc) is 3.09. The molecule has 1 amide bonds. The van der Waals surface area contributed by atoms with E-state index in [1.165, 1.54) is 16.8 Å². The van der Waals surface area contributed by atoms with E-state index < -0.39 is 10.0 Å². The highest BCUT2D eigenvalue weighted by atomic mass is 32.2. The molecule has 2 saturated heterocycles. The van der Waals surface area contributed by atoms with Crippen molar-refractivity contribution in [2.45, 2.75) is 13.3 Å². The van der Waals surface area contributed by atoms with Crippen LogP contribution >= 0.6 is 0 Å². The molecule has 0 saturated carbocycles. The molecule has 0 unspecified atom stereocenters. The Kier molecular flexibility index (Phi) is 4.48. The molecule has 3 rings (SSSR count). The largest absolute Gasteiger partial charge is 0.469 e. The smallest absolute Gasteiger partial charge is 0.257 e. The number of amides is 1. The van der Waals surface area contributed by atoms with E-state index in [1.54, 1.807) is 20.1 Å². The summed E-state index contributed by atoms with van der Waals surface area (Å²) in [6.45, 7) is 4.33. The number of fused-ring (bicyclic) bond motifs is 1. The minimum absolute atomic E-state index is 0.0509. The van der Waals surface area contributed by atoms with Crippen LogP contribution in [0.2, 0.25) is 0 Å². The number of carbonyl (C=O) groups is 1. The van der Waals surface area contributed by atoms with Gasteiger partial charge in [-0.2, -0.15) is 0 Å². The lowest BCUT2D eigenvalue weighted by Crippen LogP contribution is -2.50. The predicted octanol–water partition coefficient (Wildman–Crippen LogP) is 0.958. The van der Waals surface area contributed by atoms with Gasteiger partial charge < -0.3 is 14.1 Å². The second-order valence-corrected chi connectivity index (χ2v) is 8.92. The van der Waals surface area contributed by atoms with Gasteiger partial charge in [-0.05, 0) is 25.3 Å². The van der Waals surface area contributed by atoms with Gasteiger partial charge >= 0.3 is 0 Å². The number of carbonyl (C=O) groups excluding carboxylic acids is 1. The average molecular weight is 356 g/mol. The maximum Gasteiger partial charge on any atom is 0.257 e. The van der Waals surface area contributed by atoms with Crippen molar-refractivity contribution in [3.63, 3.8) is 0 Å². The maximum atomic E-state index is 12.7. The number of piperidine rings is 1. The Hall–Kier alpha value is -1.38. The Morgan fingerprint density at radius 2 is 2.21 bits per heavy atom. The number of sulfonamides is 1. The number of aryl methyl sites for hydroxylation is 1. The van der Waals surface area contributed by atoms with Crippen molar-refractivity contribution in [3.05, 3.63) is 23.7 Å². The van der Waals surface area contributed by atoms with Gasteiger partial charge in [-0.1, -0.05) is 0 Å². The van der Waals surface area contributed by atoms with E-state index in [0.717, 1.165) is 6.42 Å². The molecule has 0 bridgehead atoms. The lowest BCUT2D eigenvalue weighted by Gasteiger charge is -2.43. The molecule has 1 aromatic rings. The summed E-state index contributed by atoms with van der Waals surface area (Å²) in [5.41, 5.74) is 0.368. The molecule has 1 aromatic heterocycles. The molecular weight excluding hydrogens is 332 g/mol. The molecule has 3 heterocycles. The summed E-state index contributed by atoms with van der Waals surface area (Å²) in [6, 6.07) is 1.69. The topological polar surface area (TPSA) is 80.1 Å². The minimum Gasteiger partial charge on any atom is -0.469 e. The van der Waals surface area contributed by atoms with Crippen molar-refractivity contribution >= 4 is 15.9 Å². The van der Waals surface area contributed by atoms with Gasteiger partial charge in [0.2, 0.25) is 10.0 Å². The standard InChI is InChI=1S/C16H24N2O5S/c1-12-14(4-7-23-12)15(19)17-6-5-16(11-22-2)10-18(24(3,20)21)9-13(16)8-17/h4,7,13H,5-6,8-11H2,1-3H3/t13-,16+/m1/s1. The fourth-order valence-electron chi connectivity index (χ4n) is 3.97. The maximum absolute atomic E-state index is 12.7. The summed E-state index contributed by atoms with van der Waals surface area (Å²) >= 11 is 0. The Bertz CT molecular complexity index is 729. The summed E-state index contributed by atoms with van der Waals surface area (Å²) in [5.74, 6) is 0.639. The molecule has 0 aliphatic carbocycles. The van der Waals surface area contributed by atoms with Crippen LogP contribution in [0.25, 0.3) is 0 Å². The summed E-state index contributed by atoms with van der Waals surface area (Å²) < 4.78 is 36.1.